The molecule has 0 aliphatic heterocycles. The standard InChI is InChI=1S/C38H25N5OS.C11H8N2O2.2CNS.Ru/c1-44-26-9-6-8-24(18-26)42-34-12-4-2-10-27(34)29-19-32(40-22-36(29)42)33-20-30-28-11-3-5-13-35(28)43(37(30)23-41-33)25-15-16-31(39-21-25)38-14-7-17-45-38;14-11(15)8-4-6-13-10(7-8)9-3-1-2-5-12-9;2*2-1-3;/h2-23H,1H3;1-7H,(H,14,15);;;/q;;2*-1;+2. The molecule has 0 fully saturated rings. The summed E-state index contributed by atoms with van der Waals surface area (Å²) >= 11 is 9.09. The van der Waals surface area contributed by atoms with Crippen molar-refractivity contribution in [1.82, 2.24) is 34.1 Å². The van der Waals surface area contributed by atoms with Crippen molar-refractivity contribution in [3.05, 3.63) is 192 Å². The van der Waals surface area contributed by atoms with Gasteiger partial charge in [0.1, 0.15) is 5.75 Å². The maximum atomic E-state index is 10.7. The van der Waals surface area contributed by atoms with Crippen LogP contribution in [0.3, 0.4) is 0 Å². The van der Waals surface area contributed by atoms with E-state index in [0.29, 0.717) is 11.4 Å². The molecule has 11 aromatic rings. The molecule has 0 spiro atoms. The second kappa shape index (κ2) is 21.9. The largest absolute Gasteiger partial charge is 2.00 e. The Morgan fingerprint density at radius 2 is 1.15 bits per heavy atom. The van der Waals surface area contributed by atoms with Crippen molar-refractivity contribution >= 4 is 95.7 Å². The third-order valence-corrected chi connectivity index (χ3v) is 11.3. The Labute approximate surface area is 411 Å². The number of methoxy groups -OCH3 is 1. The van der Waals surface area contributed by atoms with E-state index in [9.17, 15) is 4.79 Å². The molecule has 0 aliphatic carbocycles. The van der Waals surface area contributed by atoms with Crippen LogP contribution in [0.15, 0.2) is 176 Å². The number of aromatic nitrogens is 7. The Morgan fingerprint density at radius 1 is 0.567 bits per heavy atom. The average Bonchev–Trinajstić information content (AvgIpc) is 4.11. The molecule has 0 radical (unpaired) electrons. The summed E-state index contributed by atoms with van der Waals surface area (Å²) in [4.78, 5) is 34.8. The fourth-order valence-corrected chi connectivity index (χ4v) is 8.33. The van der Waals surface area contributed by atoms with E-state index in [1.54, 1.807) is 36.8 Å². The van der Waals surface area contributed by atoms with Crippen LogP contribution in [0.25, 0.3) is 99.2 Å². The summed E-state index contributed by atoms with van der Waals surface area (Å²) < 4.78 is 10.0. The Balaban J connectivity index is 0.000000254. The number of pyridine rings is 5. The average molecular weight is 1020 g/mol. The first-order valence-corrected chi connectivity index (χ1v) is 21.6. The van der Waals surface area contributed by atoms with Crippen LogP contribution in [0.5, 0.6) is 5.75 Å². The number of hydrogen-bond acceptors (Lipinski definition) is 10. The quantitative estimate of drug-likeness (QED) is 0.0922. The van der Waals surface area contributed by atoms with Crippen molar-refractivity contribution < 1.29 is 34.1 Å². The Morgan fingerprint density at radius 3 is 1.70 bits per heavy atom. The van der Waals surface area contributed by atoms with Gasteiger partial charge in [0, 0.05) is 45.7 Å². The predicted octanol–water partition coefficient (Wildman–Crippen LogP) is 12.6. The zero-order valence-corrected chi connectivity index (χ0v) is 39.3. The Hall–Kier alpha value is -7.80. The first-order chi connectivity index (χ1) is 32.4. The second-order valence-corrected chi connectivity index (χ2v) is 15.4. The molecule has 8 heterocycles. The number of ether oxygens (including phenoxy) is 1. The molecule has 12 nitrogen and oxygen atoms in total. The number of isothiocyanates is 2. The van der Waals surface area contributed by atoms with E-state index >= 15 is 0 Å². The van der Waals surface area contributed by atoms with Crippen LogP contribution in [0.2, 0.25) is 0 Å². The van der Waals surface area contributed by atoms with Crippen LogP contribution in [-0.2, 0) is 19.5 Å². The van der Waals surface area contributed by atoms with Gasteiger partial charge in [0.25, 0.3) is 0 Å². The van der Waals surface area contributed by atoms with E-state index in [1.165, 1.54) is 28.7 Å². The number of thiophene rings is 1. The summed E-state index contributed by atoms with van der Waals surface area (Å²) in [6.07, 6.45) is 8.98. The van der Waals surface area contributed by atoms with Gasteiger partial charge in [0.15, 0.2) is 0 Å². The molecular weight excluding hydrogens is 984 g/mol. The SMILES string of the molecule is COc1cccc(-n2c3ccccc3c3cc(-c4cc5c6ccccc6n(-c6ccc(-c7cccs7)nc6)c5cn4)ncc32)c1.O=C(O)c1ccnc(-c2ccccn2)c1.[N-]=C=S.[N-]=C=S.[Ru+2]. The minimum atomic E-state index is -0.963. The van der Waals surface area contributed by atoms with Crippen LogP contribution in [-0.4, -0.2) is 62.6 Å². The normalized spacial score (nSPS) is 10.3. The first-order valence-electron chi connectivity index (χ1n) is 19.9. The number of aromatic carboxylic acids is 1. The van der Waals surface area contributed by atoms with Gasteiger partial charge in [-0.1, -0.05) is 79.0 Å². The van der Waals surface area contributed by atoms with Crippen molar-refractivity contribution in [2.75, 3.05) is 7.11 Å². The number of hydrogen-bond donors (Lipinski definition) is 1. The number of fused-ring (bicyclic) bond motifs is 6. The van der Waals surface area contributed by atoms with E-state index in [-0.39, 0.29) is 25.0 Å². The molecule has 8 aromatic heterocycles. The number of nitrogens with zero attached hydrogens (tertiary/aromatic N) is 9. The fraction of sp³-hybridized carbons (Fsp3) is 0.0196. The summed E-state index contributed by atoms with van der Waals surface area (Å²) in [7, 11) is 1.69. The molecule has 0 atom stereocenters. The molecule has 11 rings (SSSR count). The molecular formula is C51H33N9O3RuS3. The maximum absolute atomic E-state index is 10.7. The minimum Gasteiger partial charge on any atom is -0.753 e. The monoisotopic (exact) mass is 1020 g/mol. The third kappa shape index (κ3) is 10.1. The summed E-state index contributed by atoms with van der Waals surface area (Å²) in [5.74, 6) is -0.150. The van der Waals surface area contributed by atoms with Crippen LogP contribution < -0.4 is 4.74 Å². The number of benzene rings is 3. The van der Waals surface area contributed by atoms with Gasteiger partial charge >= 0.3 is 25.4 Å². The van der Waals surface area contributed by atoms with Gasteiger partial charge in [-0.3, -0.25) is 24.9 Å². The molecule has 0 saturated carbocycles. The first kappa shape index (κ1) is 47.2. The Kier molecular flexibility index (Phi) is 15.4. The maximum Gasteiger partial charge on any atom is 2.00 e. The van der Waals surface area contributed by atoms with Crippen molar-refractivity contribution in [1.29, 1.82) is 0 Å². The van der Waals surface area contributed by atoms with E-state index in [0.717, 1.165) is 82.7 Å². The van der Waals surface area contributed by atoms with Gasteiger partial charge in [-0.25, -0.2) is 4.79 Å². The van der Waals surface area contributed by atoms with Crippen molar-refractivity contribution in [3.8, 4) is 50.5 Å². The number of carboxylic acid groups (broad SMARTS) is 1. The molecule has 0 bridgehead atoms. The van der Waals surface area contributed by atoms with E-state index in [2.05, 4.69) is 146 Å². The molecule has 0 saturated heterocycles. The van der Waals surface area contributed by atoms with Gasteiger partial charge in [0.2, 0.25) is 0 Å². The second-order valence-electron chi connectivity index (χ2n) is 14.1. The van der Waals surface area contributed by atoms with Crippen LogP contribution in [0, 0.1) is 0 Å². The number of carboxylic acids is 1. The summed E-state index contributed by atoms with van der Waals surface area (Å²) in [6, 6.07) is 46.1. The number of para-hydroxylation sites is 2. The molecule has 67 heavy (non-hydrogen) atoms. The van der Waals surface area contributed by atoms with Gasteiger partial charge in [0.05, 0.1) is 92.4 Å². The number of carbonyl (C=O) groups is 1. The van der Waals surface area contributed by atoms with Crippen LogP contribution in [0.4, 0.5) is 0 Å². The number of rotatable bonds is 7. The smallest absolute Gasteiger partial charge is 0.753 e. The van der Waals surface area contributed by atoms with E-state index < -0.39 is 5.97 Å². The zero-order chi connectivity index (χ0) is 46.0. The Bertz CT molecular complexity index is 3560. The molecule has 1 N–H and O–H groups in total. The van der Waals surface area contributed by atoms with Gasteiger partial charge < -0.3 is 29.8 Å². The van der Waals surface area contributed by atoms with E-state index in [1.807, 2.05) is 36.8 Å². The minimum absolute atomic E-state index is 0. The summed E-state index contributed by atoms with van der Waals surface area (Å²) in [5, 5.41) is 32.4. The van der Waals surface area contributed by atoms with Crippen LogP contribution >= 0.6 is 35.8 Å². The molecule has 3 aromatic carbocycles. The fourth-order valence-electron chi connectivity index (χ4n) is 7.63. The predicted molar refractivity (Wildman–Crippen MR) is 270 cm³/mol. The summed E-state index contributed by atoms with van der Waals surface area (Å²) in [6.45, 7) is 0. The number of thiocarbonyl (C=S) groups is 2. The molecule has 0 amide bonds. The third-order valence-electron chi connectivity index (χ3n) is 10.4. The zero-order valence-electron chi connectivity index (χ0n) is 35.1. The van der Waals surface area contributed by atoms with Gasteiger partial charge in [-0.05, 0) is 84.2 Å². The molecule has 16 heteroatoms. The van der Waals surface area contributed by atoms with Crippen molar-refractivity contribution in [2.45, 2.75) is 0 Å². The van der Waals surface area contributed by atoms with Crippen LogP contribution in [0.1, 0.15) is 10.4 Å². The molecule has 326 valence electrons. The van der Waals surface area contributed by atoms with Gasteiger partial charge in [-0.2, -0.15) is 10.3 Å². The van der Waals surface area contributed by atoms with Crippen molar-refractivity contribution in [2.24, 2.45) is 0 Å². The van der Waals surface area contributed by atoms with Crippen molar-refractivity contribution in [3.63, 3.8) is 0 Å². The molecule has 0 unspecified atom stereocenters. The molecule has 0 aliphatic rings. The van der Waals surface area contributed by atoms with E-state index in [4.69, 9.17) is 35.6 Å². The summed E-state index contributed by atoms with van der Waals surface area (Å²) in [5.41, 5.74) is 10.4. The van der Waals surface area contributed by atoms with Gasteiger partial charge in [-0.15, -0.1) is 11.3 Å². The topological polar surface area (TPSA) is 165 Å².